The van der Waals surface area contributed by atoms with Gasteiger partial charge < -0.3 is 4.90 Å². The summed E-state index contributed by atoms with van der Waals surface area (Å²) in [5.74, 6) is 0.272. The number of hydrogen-bond donors (Lipinski definition) is 0. The van der Waals surface area contributed by atoms with Crippen LogP contribution in [-0.4, -0.2) is 11.7 Å². The van der Waals surface area contributed by atoms with Gasteiger partial charge in [0.1, 0.15) is 0 Å². The minimum absolute atomic E-state index is 0.0230. The predicted molar refractivity (Wildman–Crippen MR) is 90.1 cm³/mol. The molecule has 2 unspecified atom stereocenters. The van der Waals surface area contributed by atoms with Crippen LogP contribution in [0, 0.1) is 0 Å². The Morgan fingerprint density at radius 1 is 1.17 bits per heavy atom. The van der Waals surface area contributed by atoms with Crippen LogP contribution >= 0.6 is 11.6 Å². The van der Waals surface area contributed by atoms with Gasteiger partial charge in [-0.3, -0.25) is 9.59 Å². The molecule has 2 atom stereocenters. The smallest absolute Gasteiger partial charge is 0.224 e. The lowest BCUT2D eigenvalue weighted by Gasteiger charge is -2.30. The highest BCUT2D eigenvalue weighted by atomic mass is 35.5. The van der Waals surface area contributed by atoms with Crippen LogP contribution < -0.4 is 4.90 Å². The molecule has 0 saturated heterocycles. The maximum Gasteiger partial charge on any atom is 0.224 e. The fourth-order valence-corrected chi connectivity index (χ4v) is 4.29. The summed E-state index contributed by atoms with van der Waals surface area (Å²) in [6, 6.07) is 13.2. The standard InChI is InChI=1S/C19H16ClNO2/c1-11(22)21-16-8-4-6-13-17(23)10-9-14(18(13)16)19(21)12-5-2-3-7-15(12)20/h2-8,14,19H,9-10H2,1H3. The number of rotatable bonds is 1. The molecule has 4 heteroatoms. The third-order valence-electron chi connectivity index (χ3n) is 4.92. The van der Waals surface area contributed by atoms with E-state index >= 15 is 0 Å². The number of Topliss-reactive ketones (excluding diaryl/α,β-unsaturated/α-hetero) is 1. The Kier molecular flexibility index (Phi) is 3.27. The third-order valence-corrected chi connectivity index (χ3v) is 5.26. The van der Waals surface area contributed by atoms with Gasteiger partial charge in [0.15, 0.2) is 5.78 Å². The van der Waals surface area contributed by atoms with Gasteiger partial charge in [-0.1, -0.05) is 41.9 Å². The monoisotopic (exact) mass is 325 g/mol. The normalized spacial score (nSPS) is 22.2. The number of ketones is 1. The molecule has 2 aliphatic rings. The molecule has 2 aromatic carbocycles. The van der Waals surface area contributed by atoms with Gasteiger partial charge in [0, 0.05) is 35.5 Å². The zero-order valence-electron chi connectivity index (χ0n) is 12.8. The highest BCUT2D eigenvalue weighted by molar-refractivity contribution is 6.31. The average Bonchev–Trinajstić information content (AvgIpc) is 2.87. The van der Waals surface area contributed by atoms with Crippen LogP contribution in [0.4, 0.5) is 5.69 Å². The second-order valence-corrected chi connectivity index (χ2v) is 6.57. The fourth-order valence-electron chi connectivity index (χ4n) is 4.04. The predicted octanol–water partition coefficient (Wildman–Crippen LogP) is 4.51. The summed E-state index contributed by atoms with van der Waals surface area (Å²) in [6.45, 7) is 1.57. The lowest BCUT2D eigenvalue weighted by atomic mass is 9.78. The Labute approximate surface area is 139 Å². The number of amides is 1. The summed E-state index contributed by atoms with van der Waals surface area (Å²) in [5.41, 5.74) is 3.59. The van der Waals surface area contributed by atoms with Crippen LogP contribution in [0.1, 0.15) is 53.2 Å². The van der Waals surface area contributed by atoms with Crippen molar-refractivity contribution in [3.05, 3.63) is 64.2 Å². The average molecular weight is 326 g/mol. The first-order valence-electron chi connectivity index (χ1n) is 7.80. The van der Waals surface area contributed by atoms with E-state index in [1.165, 1.54) is 0 Å². The van der Waals surface area contributed by atoms with Crippen molar-refractivity contribution in [2.75, 3.05) is 4.90 Å². The molecule has 1 amide bonds. The number of nitrogens with zero attached hydrogens (tertiary/aromatic N) is 1. The zero-order valence-corrected chi connectivity index (χ0v) is 13.5. The Morgan fingerprint density at radius 2 is 1.96 bits per heavy atom. The van der Waals surface area contributed by atoms with Crippen molar-refractivity contribution in [1.82, 2.24) is 0 Å². The molecule has 1 aliphatic heterocycles. The van der Waals surface area contributed by atoms with Gasteiger partial charge in [0.05, 0.1) is 6.04 Å². The van der Waals surface area contributed by atoms with Gasteiger partial charge in [0.2, 0.25) is 5.91 Å². The quantitative estimate of drug-likeness (QED) is 0.773. The van der Waals surface area contributed by atoms with E-state index in [1.807, 2.05) is 47.4 Å². The SMILES string of the molecule is CC(=O)N1c2cccc3c2C(CCC3=O)C1c1ccccc1Cl. The van der Waals surface area contributed by atoms with E-state index in [0.29, 0.717) is 11.4 Å². The number of hydrogen-bond acceptors (Lipinski definition) is 2. The highest BCUT2D eigenvalue weighted by Gasteiger charge is 2.45. The molecule has 2 aromatic rings. The summed E-state index contributed by atoms with van der Waals surface area (Å²) in [5, 5.41) is 0.662. The van der Waals surface area contributed by atoms with Gasteiger partial charge in [-0.25, -0.2) is 0 Å². The minimum atomic E-state index is -0.134. The van der Waals surface area contributed by atoms with Gasteiger partial charge in [-0.2, -0.15) is 0 Å². The summed E-state index contributed by atoms with van der Waals surface area (Å²) in [7, 11) is 0. The minimum Gasteiger partial charge on any atom is -0.304 e. The van der Waals surface area contributed by atoms with E-state index in [9.17, 15) is 9.59 Å². The van der Waals surface area contributed by atoms with Crippen molar-refractivity contribution in [3.8, 4) is 0 Å². The van der Waals surface area contributed by atoms with Crippen LogP contribution in [-0.2, 0) is 4.79 Å². The van der Waals surface area contributed by atoms with Crippen molar-refractivity contribution in [3.63, 3.8) is 0 Å². The Bertz CT molecular complexity index is 830. The molecular formula is C19H16ClNO2. The van der Waals surface area contributed by atoms with Crippen molar-refractivity contribution in [2.45, 2.75) is 31.7 Å². The van der Waals surface area contributed by atoms with Crippen molar-refractivity contribution in [2.24, 2.45) is 0 Å². The van der Waals surface area contributed by atoms with E-state index in [4.69, 9.17) is 11.6 Å². The first kappa shape index (κ1) is 14.5. The largest absolute Gasteiger partial charge is 0.304 e. The van der Waals surface area contributed by atoms with Crippen LogP contribution in [0.15, 0.2) is 42.5 Å². The van der Waals surface area contributed by atoms with Gasteiger partial charge >= 0.3 is 0 Å². The first-order chi connectivity index (χ1) is 11.1. The topological polar surface area (TPSA) is 37.4 Å². The van der Waals surface area contributed by atoms with E-state index in [2.05, 4.69) is 0 Å². The number of halogens is 1. The summed E-state index contributed by atoms with van der Waals surface area (Å²) in [6.07, 6.45) is 1.27. The van der Waals surface area contributed by atoms with E-state index in [1.54, 1.807) is 6.92 Å². The number of carbonyl (C=O) groups is 2. The molecule has 23 heavy (non-hydrogen) atoms. The molecule has 0 fully saturated rings. The lowest BCUT2D eigenvalue weighted by molar-refractivity contribution is -0.117. The van der Waals surface area contributed by atoms with Crippen LogP contribution in [0.25, 0.3) is 0 Å². The van der Waals surface area contributed by atoms with Crippen molar-refractivity contribution in [1.29, 1.82) is 0 Å². The molecule has 4 rings (SSSR count). The number of benzene rings is 2. The Hall–Kier alpha value is -2.13. The van der Waals surface area contributed by atoms with E-state index in [0.717, 1.165) is 28.8 Å². The second-order valence-electron chi connectivity index (χ2n) is 6.16. The third kappa shape index (κ3) is 2.03. The van der Waals surface area contributed by atoms with Crippen molar-refractivity contribution < 1.29 is 9.59 Å². The van der Waals surface area contributed by atoms with Crippen LogP contribution in [0.3, 0.4) is 0 Å². The van der Waals surface area contributed by atoms with E-state index < -0.39 is 0 Å². The summed E-state index contributed by atoms with van der Waals surface area (Å²) in [4.78, 5) is 26.5. The van der Waals surface area contributed by atoms with E-state index in [-0.39, 0.29) is 23.7 Å². The lowest BCUT2D eigenvalue weighted by Crippen LogP contribution is -2.31. The number of anilines is 1. The maximum absolute atomic E-state index is 12.4. The Balaban J connectivity index is 1.96. The molecule has 1 aliphatic carbocycles. The van der Waals surface area contributed by atoms with Gasteiger partial charge in [-0.15, -0.1) is 0 Å². The zero-order chi connectivity index (χ0) is 16.1. The molecule has 0 aromatic heterocycles. The van der Waals surface area contributed by atoms with Crippen LogP contribution in [0.5, 0.6) is 0 Å². The molecule has 1 heterocycles. The number of carbonyl (C=O) groups excluding carboxylic acids is 2. The second kappa shape index (κ2) is 5.20. The fraction of sp³-hybridized carbons (Fsp3) is 0.263. The molecule has 0 spiro atoms. The molecule has 3 nitrogen and oxygen atoms in total. The Morgan fingerprint density at radius 3 is 2.70 bits per heavy atom. The molecule has 116 valence electrons. The molecule has 0 saturated carbocycles. The molecule has 0 N–H and O–H groups in total. The van der Waals surface area contributed by atoms with Gasteiger partial charge in [-0.05, 0) is 29.7 Å². The molecule has 0 bridgehead atoms. The van der Waals surface area contributed by atoms with Gasteiger partial charge in [0.25, 0.3) is 0 Å². The molecule has 0 radical (unpaired) electrons. The summed E-state index contributed by atoms with van der Waals surface area (Å²) >= 11 is 6.42. The molecular weight excluding hydrogens is 310 g/mol. The summed E-state index contributed by atoms with van der Waals surface area (Å²) < 4.78 is 0. The first-order valence-corrected chi connectivity index (χ1v) is 8.17. The van der Waals surface area contributed by atoms with Crippen LogP contribution in [0.2, 0.25) is 5.02 Å². The van der Waals surface area contributed by atoms with Crippen molar-refractivity contribution >= 4 is 29.0 Å². The highest BCUT2D eigenvalue weighted by Crippen LogP contribution is 2.55. The maximum atomic E-state index is 12.4.